The molecule has 0 aliphatic rings. The zero-order valence-electron chi connectivity index (χ0n) is 13.9. The normalized spacial score (nSPS) is 10.2. The fraction of sp³-hybridized carbons (Fsp3) is 0.222. The Morgan fingerprint density at radius 2 is 1.88 bits per heavy atom. The summed E-state index contributed by atoms with van der Waals surface area (Å²) in [5.74, 6) is -0.185. The zero-order chi connectivity index (χ0) is 18.4. The van der Waals surface area contributed by atoms with Gasteiger partial charge in [-0.1, -0.05) is 45.2 Å². The van der Waals surface area contributed by atoms with Gasteiger partial charge in [0.05, 0.1) is 11.6 Å². The lowest BCUT2D eigenvalue weighted by atomic mass is 10.2. The van der Waals surface area contributed by atoms with Gasteiger partial charge in [0.1, 0.15) is 5.75 Å². The second-order valence-corrected chi connectivity index (χ2v) is 6.85. The van der Waals surface area contributed by atoms with Crippen molar-refractivity contribution in [3.8, 4) is 5.75 Å². The number of nitrogens with one attached hydrogen (secondary N) is 1. The van der Waals surface area contributed by atoms with Crippen LogP contribution < -0.4 is 10.1 Å². The number of benzene rings is 2. The fourth-order valence-electron chi connectivity index (χ4n) is 1.98. The summed E-state index contributed by atoms with van der Waals surface area (Å²) >= 11 is 9.33. The van der Waals surface area contributed by atoms with E-state index in [1.54, 1.807) is 25.2 Å². The third-order valence-corrected chi connectivity index (χ3v) is 4.18. The van der Waals surface area contributed by atoms with Crippen molar-refractivity contribution in [1.82, 2.24) is 4.90 Å². The van der Waals surface area contributed by atoms with E-state index in [4.69, 9.17) is 16.3 Å². The van der Waals surface area contributed by atoms with E-state index in [9.17, 15) is 9.59 Å². The SMILES string of the molecule is Cc1ccc(NC(=O)CN(C)C(=O)COc2ccc(Br)cc2Cl)cc1. The van der Waals surface area contributed by atoms with Crippen molar-refractivity contribution in [2.45, 2.75) is 6.92 Å². The maximum absolute atomic E-state index is 12.1. The highest BCUT2D eigenvalue weighted by Crippen LogP contribution is 2.27. The van der Waals surface area contributed by atoms with Gasteiger partial charge in [-0.25, -0.2) is 0 Å². The number of carbonyl (C=O) groups excluding carboxylic acids is 2. The average molecular weight is 426 g/mol. The highest BCUT2D eigenvalue weighted by atomic mass is 79.9. The molecule has 7 heteroatoms. The van der Waals surface area contributed by atoms with E-state index in [-0.39, 0.29) is 25.0 Å². The monoisotopic (exact) mass is 424 g/mol. The Bertz CT molecular complexity index is 765. The summed E-state index contributed by atoms with van der Waals surface area (Å²) in [6.07, 6.45) is 0. The van der Waals surface area contributed by atoms with Gasteiger partial charge in [-0.15, -0.1) is 0 Å². The molecule has 0 bridgehead atoms. The second-order valence-electron chi connectivity index (χ2n) is 5.53. The minimum absolute atomic E-state index is 0.0653. The maximum Gasteiger partial charge on any atom is 0.260 e. The molecule has 0 saturated carbocycles. The van der Waals surface area contributed by atoms with Gasteiger partial charge < -0.3 is 15.0 Å². The van der Waals surface area contributed by atoms with Gasteiger partial charge in [0, 0.05) is 17.2 Å². The van der Waals surface area contributed by atoms with Crippen LogP contribution in [0.3, 0.4) is 0 Å². The molecule has 2 aromatic rings. The lowest BCUT2D eigenvalue weighted by molar-refractivity contribution is -0.135. The number of amides is 2. The first-order valence-electron chi connectivity index (χ1n) is 7.53. The van der Waals surface area contributed by atoms with E-state index >= 15 is 0 Å². The molecule has 0 aromatic heterocycles. The smallest absolute Gasteiger partial charge is 0.260 e. The topological polar surface area (TPSA) is 58.6 Å². The number of ether oxygens (including phenoxy) is 1. The van der Waals surface area contributed by atoms with E-state index in [1.165, 1.54) is 4.90 Å². The molecule has 2 aromatic carbocycles. The van der Waals surface area contributed by atoms with Gasteiger partial charge in [-0.2, -0.15) is 0 Å². The van der Waals surface area contributed by atoms with Crippen molar-refractivity contribution < 1.29 is 14.3 Å². The summed E-state index contributed by atoms with van der Waals surface area (Å²) in [5.41, 5.74) is 1.79. The average Bonchev–Trinajstić information content (AvgIpc) is 2.55. The molecule has 2 rings (SSSR count). The van der Waals surface area contributed by atoms with Crippen LogP contribution in [0.5, 0.6) is 5.75 Å². The minimum Gasteiger partial charge on any atom is -0.482 e. The van der Waals surface area contributed by atoms with Crippen LogP contribution in [0.1, 0.15) is 5.56 Å². The predicted octanol–water partition coefficient (Wildman–Crippen LogP) is 3.89. The lowest BCUT2D eigenvalue weighted by Crippen LogP contribution is -2.37. The number of anilines is 1. The number of likely N-dealkylation sites (N-methyl/N-ethyl adjacent to an activating group) is 1. The first-order valence-corrected chi connectivity index (χ1v) is 8.70. The first-order chi connectivity index (χ1) is 11.8. The van der Waals surface area contributed by atoms with Crippen LogP contribution in [0.25, 0.3) is 0 Å². The van der Waals surface area contributed by atoms with Crippen LogP contribution >= 0.6 is 27.5 Å². The van der Waals surface area contributed by atoms with Crippen molar-refractivity contribution in [1.29, 1.82) is 0 Å². The van der Waals surface area contributed by atoms with Crippen LogP contribution in [-0.4, -0.2) is 36.9 Å². The Balaban J connectivity index is 1.82. The lowest BCUT2D eigenvalue weighted by Gasteiger charge is -2.17. The molecule has 0 heterocycles. The Kier molecular flexibility index (Phi) is 6.84. The van der Waals surface area contributed by atoms with Crippen molar-refractivity contribution in [2.24, 2.45) is 0 Å². The standard InChI is InChI=1S/C18H18BrClN2O3/c1-12-3-6-14(7-4-12)21-17(23)10-22(2)18(24)11-25-16-8-5-13(19)9-15(16)20/h3-9H,10-11H2,1-2H3,(H,21,23). The zero-order valence-corrected chi connectivity index (χ0v) is 16.2. The molecule has 0 atom stereocenters. The van der Waals surface area contributed by atoms with Gasteiger partial charge in [0.25, 0.3) is 5.91 Å². The summed E-state index contributed by atoms with van der Waals surface area (Å²) < 4.78 is 6.23. The Labute approximate surface area is 160 Å². The van der Waals surface area contributed by atoms with Crippen molar-refractivity contribution in [3.05, 3.63) is 57.5 Å². The van der Waals surface area contributed by atoms with E-state index in [0.717, 1.165) is 10.0 Å². The van der Waals surface area contributed by atoms with Crippen molar-refractivity contribution in [2.75, 3.05) is 25.5 Å². The third-order valence-electron chi connectivity index (χ3n) is 3.39. The number of hydrogen-bond acceptors (Lipinski definition) is 3. The summed E-state index contributed by atoms with van der Waals surface area (Å²) in [4.78, 5) is 25.4. The van der Waals surface area contributed by atoms with Gasteiger partial charge in [-0.05, 0) is 37.3 Å². The van der Waals surface area contributed by atoms with Gasteiger partial charge in [0.15, 0.2) is 6.61 Å². The number of hydrogen-bond donors (Lipinski definition) is 1. The summed E-state index contributed by atoms with van der Waals surface area (Å²) in [7, 11) is 1.55. The fourth-order valence-corrected chi connectivity index (χ4v) is 2.71. The highest BCUT2D eigenvalue weighted by Gasteiger charge is 2.14. The maximum atomic E-state index is 12.1. The molecule has 25 heavy (non-hydrogen) atoms. The largest absolute Gasteiger partial charge is 0.482 e. The Morgan fingerprint density at radius 1 is 1.20 bits per heavy atom. The third kappa shape index (κ3) is 6.07. The molecule has 1 N–H and O–H groups in total. The number of nitrogens with zero attached hydrogens (tertiary/aromatic N) is 1. The van der Waals surface area contributed by atoms with Gasteiger partial charge in [-0.3, -0.25) is 9.59 Å². The molecule has 0 fully saturated rings. The van der Waals surface area contributed by atoms with Gasteiger partial charge in [0.2, 0.25) is 5.91 Å². The molecule has 0 saturated heterocycles. The molecular formula is C18H18BrClN2O3. The molecule has 0 radical (unpaired) electrons. The minimum atomic E-state index is -0.321. The molecule has 2 amide bonds. The second kappa shape index (κ2) is 8.87. The predicted molar refractivity (Wildman–Crippen MR) is 102 cm³/mol. The number of halogens is 2. The molecule has 0 unspecified atom stereocenters. The van der Waals surface area contributed by atoms with Crippen LogP contribution in [0.4, 0.5) is 5.69 Å². The van der Waals surface area contributed by atoms with Crippen molar-refractivity contribution in [3.63, 3.8) is 0 Å². The Hall–Kier alpha value is -2.05. The quantitative estimate of drug-likeness (QED) is 0.764. The van der Waals surface area contributed by atoms with Gasteiger partial charge >= 0.3 is 0 Å². The van der Waals surface area contributed by atoms with E-state index in [2.05, 4.69) is 21.2 Å². The number of carbonyl (C=O) groups is 2. The Morgan fingerprint density at radius 3 is 2.52 bits per heavy atom. The molecule has 5 nitrogen and oxygen atoms in total. The van der Waals surface area contributed by atoms with Crippen LogP contribution in [0.2, 0.25) is 5.02 Å². The van der Waals surface area contributed by atoms with Crippen LogP contribution in [-0.2, 0) is 9.59 Å². The summed E-state index contributed by atoms with van der Waals surface area (Å²) in [6.45, 7) is 1.70. The summed E-state index contributed by atoms with van der Waals surface area (Å²) in [6, 6.07) is 12.6. The van der Waals surface area contributed by atoms with Crippen LogP contribution in [0, 0.1) is 6.92 Å². The number of rotatable bonds is 6. The molecule has 0 spiro atoms. The summed E-state index contributed by atoms with van der Waals surface area (Å²) in [5, 5.41) is 3.15. The molecular weight excluding hydrogens is 408 g/mol. The first kappa shape index (κ1) is 19.3. The number of aryl methyl sites for hydroxylation is 1. The van der Waals surface area contributed by atoms with E-state index in [0.29, 0.717) is 16.5 Å². The molecule has 132 valence electrons. The van der Waals surface area contributed by atoms with E-state index < -0.39 is 0 Å². The molecule has 0 aliphatic carbocycles. The van der Waals surface area contributed by atoms with Crippen LogP contribution in [0.15, 0.2) is 46.9 Å². The molecule has 0 aliphatic heterocycles. The highest BCUT2D eigenvalue weighted by molar-refractivity contribution is 9.10. The van der Waals surface area contributed by atoms with Crippen molar-refractivity contribution >= 4 is 45.0 Å². The van der Waals surface area contributed by atoms with E-state index in [1.807, 2.05) is 31.2 Å².